The molecule has 0 aliphatic rings. The van der Waals surface area contributed by atoms with Gasteiger partial charge >= 0.3 is 0 Å². The summed E-state index contributed by atoms with van der Waals surface area (Å²) in [4.78, 5) is 12.6. The third-order valence-electron chi connectivity index (χ3n) is 4.26. The van der Waals surface area contributed by atoms with Crippen LogP contribution in [-0.2, 0) is 6.61 Å². The molecule has 2 aromatic carbocycles. The maximum atomic E-state index is 12.6. The second-order valence-corrected chi connectivity index (χ2v) is 6.31. The molecule has 6 heteroatoms. The molecule has 0 spiro atoms. The van der Waals surface area contributed by atoms with Crippen LogP contribution in [0.3, 0.4) is 0 Å². The Hall–Kier alpha value is -3.28. The van der Waals surface area contributed by atoms with Crippen molar-refractivity contribution >= 4 is 11.6 Å². The van der Waals surface area contributed by atoms with Gasteiger partial charge in [0.05, 0.1) is 12.7 Å². The summed E-state index contributed by atoms with van der Waals surface area (Å²) in [7, 11) is 1.59. The molecule has 140 valence electrons. The van der Waals surface area contributed by atoms with E-state index in [1.54, 1.807) is 38.3 Å². The minimum absolute atomic E-state index is 0.199. The number of nitrogens with one attached hydrogen (secondary N) is 1. The lowest BCUT2D eigenvalue weighted by atomic mass is 10.1. The van der Waals surface area contributed by atoms with E-state index >= 15 is 0 Å². The molecule has 0 bridgehead atoms. The van der Waals surface area contributed by atoms with Gasteiger partial charge in [-0.2, -0.15) is 0 Å². The van der Waals surface area contributed by atoms with Crippen LogP contribution in [0.2, 0.25) is 0 Å². The average molecular weight is 366 g/mol. The van der Waals surface area contributed by atoms with Gasteiger partial charge in [0.25, 0.3) is 5.91 Å². The average Bonchev–Trinajstić information content (AvgIpc) is 3.04. The molecule has 3 rings (SSSR count). The maximum absolute atomic E-state index is 12.6. The second kappa shape index (κ2) is 7.95. The van der Waals surface area contributed by atoms with Gasteiger partial charge in [-0.3, -0.25) is 4.79 Å². The largest absolute Gasteiger partial charge is 0.497 e. The lowest BCUT2D eigenvalue weighted by Gasteiger charge is -2.10. The molecule has 6 nitrogen and oxygen atoms in total. The molecular formula is C21H22N2O4. The summed E-state index contributed by atoms with van der Waals surface area (Å²) in [5.41, 5.74) is 3.62. The topological polar surface area (TPSA) is 73.6 Å². The number of amides is 1. The first kappa shape index (κ1) is 18.5. The number of carbonyl (C=O) groups excluding carboxylic acids is 1. The van der Waals surface area contributed by atoms with Crippen LogP contribution in [0.1, 0.15) is 32.9 Å². The zero-order valence-electron chi connectivity index (χ0n) is 15.8. The van der Waals surface area contributed by atoms with Crippen molar-refractivity contribution in [1.82, 2.24) is 5.16 Å². The number of anilines is 1. The van der Waals surface area contributed by atoms with Gasteiger partial charge in [-0.05, 0) is 62.2 Å². The summed E-state index contributed by atoms with van der Waals surface area (Å²) in [6.07, 6.45) is 0. The van der Waals surface area contributed by atoms with Gasteiger partial charge in [0, 0.05) is 5.69 Å². The Balaban J connectivity index is 1.75. The third-order valence-corrected chi connectivity index (χ3v) is 4.26. The van der Waals surface area contributed by atoms with Gasteiger partial charge in [0.1, 0.15) is 23.9 Å². The molecule has 1 heterocycles. The quantitative estimate of drug-likeness (QED) is 0.698. The number of rotatable bonds is 6. The molecule has 3 aromatic rings. The highest BCUT2D eigenvalue weighted by atomic mass is 16.5. The van der Waals surface area contributed by atoms with Crippen molar-refractivity contribution in [3.8, 4) is 11.5 Å². The number of ether oxygens (including phenoxy) is 2. The molecule has 0 fully saturated rings. The monoisotopic (exact) mass is 366 g/mol. The van der Waals surface area contributed by atoms with E-state index in [0.29, 0.717) is 22.8 Å². The first-order valence-electron chi connectivity index (χ1n) is 8.58. The third kappa shape index (κ3) is 4.28. The van der Waals surface area contributed by atoms with Crippen LogP contribution >= 0.6 is 0 Å². The molecule has 1 aromatic heterocycles. The van der Waals surface area contributed by atoms with Crippen LogP contribution < -0.4 is 14.8 Å². The lowest BCUT2D eigenvalue weighted by Crippen LogP contribution is -2.15. The van der Waals surface area contributed by atoms with Crippen LogP contribution in [0.15, 0.2) is 47.0 Å². The number of hydrogen-bond acceptors (Lipinski definition) is 5. The second-order valence-electron chi connectivity index (χ2n) is 6.31. The van der Waals surface area contributed by atoms with Crippen molar-refractivity contribution in [2.45, 2.75) is 27.4 Å². The van der Waals surface area contributed by atoms with Crippen LogP contribution in [-0.4, -0.2) is 18.2 Å². The van der Waals surface area contributed by atoms with Crippen molar-refractivity contribution < 1.29 is 18.8 Å². The number of hydrogen-bond donors (Lipinski definition) is 1. The van der Waals surface area contributed by atoms with E-state index in [1.807, 2.05) is 32.0 Å². The number of benzene rings is 2. The van der Waals surface area contributed by atoms with E-state index in [0.717, 1.165) is 16.9 Å². The van der Waals surface area contributed by atoms with Gasteiger partial charge in [-0.25, -0.2) is 0 Å². The van der Waals surface area contributed by atoms with E-state index in [1.165, 1.54) is 0 Å². The molecular weight excluding hydrogens is 344 g/mol. The first-order valence-corrected chi connectivity index (χ1v) is 8.58. The molecule has 0 aliphatic heterocycles. The lowest BCUT2D eigenvalue weighted by molar-refractivity contribution is 0.101. The maximum Gasteiger partial charge on any atom is 0.278 e. The number of aryl methyl sites for hydroxylation is 3. The zero-order valence-corrected chi connectivity index (χ0v) is 15.8. The van der Waals surface area contributed by atoms with E-state index in [4.69, 9.17) is 14.0 Å². The van der Waals surface area contributed by atoms with Crippen molar-refractivity contribution in [1.29, 1.82) is 0 Å². The summed E-state index contributed by atoms with van der Waals surface area (Å²) < 4.78 is 16.3. The first-order chi connectivity index (χ1) is 13.0. The highest BCUT2D eigenvalue weighted by molar-refractivity contribution is 6.03. The molecule has 27 heavy (non-hydrogen) atoms. The zero-order chi connectivity index (χ0) is 19.4. The molecule has 0 aliphatic carbocycles. The Bertz CT molecular complexity index is 945. The molecule has 0 saturated carbocycles. The molecule has 0 unspecified atom stereocenters. The van der Waals surface area contributed by atoms with Gasteiger partial charge < -0.3 is 19.3 Å². The fraction of sp³-hybridized carbons (Fsp3) is 0.238. The van der Waals surface area contributed by atoms with Gasteiger partial charge in [0.15, 0.2) is 5.69 Å². The molecule has 0 saturated heterocycles. The summed E-state index contributed by atoms with van der Waals surface area (Å²) in [6.45, 7) is 5.95. The summed E-state index contributed by atoms with van der Waals surface area (Å²) in [6, 6.07) is 13.1. The van der Waals surface area contributed by atoms with Crippen LogP contribution in [0, 0.1) is 20.8 Å². The fourth-order valence-corrected chi connectivity index (χ4v) is 2.62. The van der Waals surface area contributed by atoms with E-state index in [9.17, 15) is 4.79 Å². The fourth-order valence-electron chi connectivity index (χ4n) is 2.62. The predicted octanol–water partition coefficient (Wildman–Crippen LogP) is 4.44. The summed E-state index contributed by atoms with van der Waals surface area (Å²) in [5, 5.41) is 6.72. The number of methoxy groups -OCH3 is 1. The predicted molar refractivity (Wildman–Crippen MR) is 102 cm³/mol. The Kier molecular flexibility index (Phi) is 5.45. The molecule has 1 amide bonds. The highest BCUT2D eigenvalue weighted by Crippen LogP contribution is 2.23. The molecule has 1 N–H and O–H groups in total. The van der Waals surface area contributed by atoms with Crippen LogP contribution in [0.25, 0.3) is 0 Å². The van der Waals surface area contributed by atoms with Crippen LogP contribution in [0.4, 0.5) is 5.69 Å². The van der Waals surface area contributed by atoms with E-state index < -0.39 is 0 Å². The van der Waals surface area contributed by atoms with Crippen molar-refractivity contribution in [2.24, 2.45) is 0 Å². The van der Waals surface area contributed by atoms with Gasteiger partial charge in [-0.15, -0.1) is 0 Å². The van der Waals surface area contributed by atoms with Crippen molar-refractivity contribution in [2.75, 3.05) is 12.4 Å². The van der Waals surface area contributed by atoms with Gasteiger partial charge in [-0.1, -0.05) is 17.3 Å². The Morgan fingerprint density at radius 2 is 1.85 bits per heavy atom. The smallest absolute Gasteiger partial charge is 0.278 e. The normalized spacial score (nSPS) is 10.5. The summed E-state index contributed by atoms with van der Waals surface area (Å²) in [5.74, 6) is 1.70. The van der Waals surface area contributed by atoms with E-state index in [2.05, 4.69) is 10.5 Å². The number of aromatic nitrogens is 1. The van der Waals surface area contributed by atoms with Crippen molar-refractivity contribution in [3.63, 3.8) is 0 Å². The highest BCUT2D eigenvalue weighted by Gasteiger charge is 2.21. The van der Waals surface area contributed by atoms with Gasteiger partial charge in [0.2, 0.25) is 0 Å². The minimum atomic E-state index is -0.350. The van der Waals surface area contributed by atoms with Crippen molar-refractivity contribution in [3.05, 3.63) is 70.6 Å². The molecule has 0 radical (unpaired) electrons. The Labute approximate surface area is 158 Å². The standard InChI is InChI=1S/C21H22N2O4/c1-13-5-6-14(2)19(11-13)26-12-18-15(3)27-23-20(18)21(24)22-16-7-9-17(25-4)10-8-16/h5-11H,12H2,1-4H3,(H,22,24). The van der Waals surface area contributed by atoms with Crippen LogP contribution in [0.5, 0.6) is 11.5 Å². The van der Waals surface area contributed by atoms with E-state index in [-0.39, 0.29) is 18.2 Å². The summed E-state index contributed by atoms with van der Waals surface area (Å²) >= 11 is 0. The molecule has 0 atom stereocenters. The minimum Gasteiger partial charge on any atom is -0.497 e. The Morgan fingerprint density at radius 3 is 2.56 bits per heavy atom. The number of nitrogens with zero attached hydrogens (tertiary/aromatic N) is 1. The Morgan fingerprint density at radius 1 is 1.11 bits per heavy atom. The number of carbonyl (C=O) groups is 1. The SMILES string of the molecule is COc1ccc(NC(=O)c2noc(C)c2COc2cc(C)ccc2C)cc1.